The van der Waals surface area contributed by atoms with Gasteiger partial charge in [0.25, 0.3) is 5.91 Å². The third-order valence-corrected chi connectivity index (χ3v) is 6.78. The molecule has 5 rings (SSSR count). The highest BCUT2D eigenvalue weighted by atomic mass is 16.5. The van der Waals surface area contributed by atoms with Crippen molar-refractivity contribution in [2.24, 2.45) is 0 Å². The number of rotatable bonds is 4. The topological polar surface area (TPSA) is 70.1 Å². The van der Waals surface area contributed by atoms with E-state index in [4.69, 9.17) is 4.74 Å². The minimum Gasteiger partial charge on any atom is -0.497 e. The van der Waals surface area contributed by atoms with Crippen LogP contribution in [-0.2, 0) is 4.79 Å². The van der Waals surface area contributed by atoms with E-state index in [-0.39, 0.29) is 43.0 Å². The lowest BCUT2D eigenvalue weighted by atomic mass is 9.73. The van der Waals surface area contributed by atoms with E-state index >= 15 is 0 Å². The van der Waals surface area contributed by atoms with Gasteiger partial charge in [-0.3, -0.25) is 9.59 Å². The Hall–Kier alpha value is -4.08. The number of hydrogen-bond donors (Lipinski definition) is 1. The molecule has 2 saturated heterocycles. The molecule has 6 heteroatoms. The summed E-state index contributed by atoms with van der Waals surface area (Å²) in [6.07, 6.45) is 0. The maximum atomic E-state index is 13.0. The third kappa shape index (κ3) is 4.39. The van der Waals surface area contributed by atoms with Crippen LogP contribution in [0.4, 0.5) is 0 Å². The van der Waals surface area contributed by atoms with Gasteiger partial charge in [0.2, 0.25) is 5.91 Å². The molecule has 0 saturated carbocycles. The zero-order valence-corrected chi connectivity index (χ0v) is 19.4. The van der Waals surface area contributed by atoms with Crippen molar-refractivity contribution in [3.05, 3.63) is 101 Å². The van der Waals surface area contributed by atoms with Crippen molar-refractivity contribution < 1.29 is 19.4 Å². The van der Waals surface area contributed by atoms with Crippen LogP contribution in [0.1, 0.15) is 33.0 Å². The van der Waals surface area contributed by atoms with Gasteiger partial charge in [-0.2, -0.15) is 0 Å². The molecule has 0 spiro atoms. The molecule has 2 fully saturated rings. The van der Waals surface area contributed by atoms with Crippen LogP contribution >= 0.6 is 0 Å². The third-order valence-electron chi connectivity index (χ3n) is 6.78. The predicted octanol–water partition coefficient (Wildman–Crippen LogP) is 2.91. The van der Waals surface area contributed by atoms with Crippen molar-refractivity contribution in [3.63, 3.8) is 0 Å². The molecule has 35 heavy (non-hydrogen) atoms. The average molecular weight is 467 g/mol. The Bertz CT molecular complexity index is 1290. The van der Waals surface area contributed by atoms with Crippen LogP contribution in [0.25, 0.3) is 0 Å². The molecule has 0 aromatic heterocycles. The van der Waals surface area contributed by atoms with Gasteiger partial charge >= 0.3 is 0 Å². The second-order valence-electron chi connectivity index (χ2n) is 8.80. The molecule has 0 radical (unpaired) electrons. The monoisotopic (exact) mass is 466 g/mol. The fraction of sp³-hybridized carbons (Fsp3) is 0.241. The zero-order chi connectivity index (χ0) is 24.4. The average Bonchev–Trinajstić information content (AvgIpc) is 2.89. The molecule has 1 N–H and O–H groups in total. The van der Waals surface area contributed by atoms with Gasteiger partial charge in [0.1, 0.15) is 12.3 Å². The molecular formula is C29H26N2O4. The first-order valence-corrected chi connectivity index (χ1v) is 11.6. The van der Waals surface area contributed by atoms with E-state index in [2.05, 4.69) is 11.8 Å². The van der Waals surface area contributed by atoms with Crippen LogP contribution in [-0.4, -0.2) is 65.6 Å². The number of ether oxygens (including phenoxy) is 1. The van der Waals surface area contributed by atoms with E-state index in [0.717, 1.165) is 22.4 Å². The van der Waals surface area contributed by atoms with E-state index < -0.39 is 0 Å². The second kappa shape index (κ2) is 9.65. The Morgan fingerprint density at radius 1 is 1.00 bits per heavy atom. The zero-order valence-electron chi connectivity index (χ0n) is 19.4. The van der Waals surface area contributed by atoms with Gasteiger partial charge in [0, 0.05) is 29.2 Å². The lowest BCUT2D eigenvalue weighted by Crippen LogP contribution is -2.73. The Labute approximate surface area is 204 Å². The summed E-state index contributed by atoms with van der Waals surface area (Å²) in [6, 6.07) is 24.1. The van der Waals surface area contributed by atoms with Crippen LogP contribution in [0.5, 0.6) is 5.75 Å². The van der Waals surface area contributed by atoms with Crippen LogP contribution in [0.15, 0.2) is 78.9 Å². The number of hydrogen-bond acceptors (Lipinski definition) is 4. The number of aliphatic hydroxyl groups is 1. The van der Waals surface area contributed by atoms with Crippen molar-refractivity contribution in [1.82, 2.24) is 9.80 Å². The molecule has 2 heterocycles. The molecule has 3 aromatic carbocycles. The molecular weight excluding hydrogens is 440 g/mol. The normalized spacial score (nSPS) is 20.9. The van der Waals surface area contributed by atoms with Crippen molar-refractivity contribution in [3.8, 4) is 17.6 Å². The predicted molar refractivity (Wildman–Crippen MR) is 132 cm³/mol. The number of benzene rings is 3. The number of nitrogens with zero attached hydrogens (tertiary/aromatic N) is 2. The Morgan fingerprint density at radius 2 is 1.74 bits per heavy atom. The second-order valence-corrected chi connectivity index (χ2v) is 8.80. The van der Waals surface area contributed by atoms with Gasteiger partial charge < -0.3 is 19.6 Å². The van der Waals surface area contributed by atoms with E-state index in [1.54, 1.807) is 29.0 Å². The number of carbonyl (C=O) groups is 2. The molecule has 3 aromatic rings. The highest BCUT2D eigenvalue weighted by Crippen LogP contribution is 2.43. The van der Waals surface area contributed by atoms with Crippen LogP contribution in [0, 0.1) is 11.8 Å². The summed E-state index contributed by atoms with van der Waals surface area (Å²) in [5.74, 6) is 6.77. The summed E-state index contributed by atoms with van der Waals surface area (Å²) in [5, 5.41) is 10.0. The van der Waals surface area contributed by atoms with Gasteiger partial charge in [-0.15, -0.1) is 0 Å². The quantitative estimate of drug-likeness (QED) is 0.601. The summed E-state index contributed by atoms with van der Waals surface area (Å²) in [6.45, 7) is 0.362. The Balaban J connectivity index is 1.34. The molecule has 6 nitrogen and oxygen atoms in total. The first-order valence-electron chi connectivity index (χ1n) is 11.6. The van der Waals surface area contributed by atoms with Gasteiger partial charge in [-0.25, -0.2) is 0 Å². The summed E-state index contributed by atoms with van der Waals surface area (Å²) < 4.78 is 5.25. The van der Waals surface area contributed by atoms with Gasteiger partial charge in [0.05, 0.1) is 25.8 Å². The lowest BCUT2D eigenvalue weighted by Gasteiger charge is -2.58. The number of aliphatic hydroxyl groups excluding tert-OH is 1. The van der Waals surface area contributed by atoms with E-state index in [9.17, 15) is 14.7 Å². The van der Waals surface area contributed by atoms with Gasteiger partial charge in [-0.05, 0) is 48.0 Å². The highest BCUT2D eigenvalue weighted by Gasteiger charge is 2.54. The number of piperazine rings is 1. The summed E-state index contributed by atoms with van der Waals surface area (Å²) >= 11 is 0. The fourth-order valence-electron chi connectivity index (χ4n) is 5.05. The van der Waals surface area contributed by atoms with E-state index in [1.807, 2.05) is 66.7 Å². The standard InChI is InChI=1S/C29H26N2O4/c1-35-24-9-5-6-21(16-24)11-10-20-12-14-22(15-13-20)28-25-17-30(18-27(33)31(25)26(28)19-32)29(34)23-7-3-2-4-8-23/h2-9,12-16,25-26,28,32H,17-19H2,1H3/t25-,26-,28-/m1/s1. The largest absolute Gasteiger partial charge is 0.497 e. The Kier molecular flexibility index (Phi) is 6.26. The minimum absolute atomic E-state index is 0.0340. The highest BCUT2D eigenvalue weighted by molar-refractivity contribution is 5.97. The SMILES string of the molecule is COc1cccc(C#Cc2ccc([C@H]3[C@@H](CO)N4C(=O)CN(C(=O)c5ccccc5)C[C@H]34)cc2)c1. The molecule has 2 aliphatic heterocycles. The minimum atomic E-state index is -0.282. The van der Waals surface area contributed by atoms with Crippen LogP contribution in [0.2, 0.25) is 0 Å². The number of methoxy groups -OCH3 is 1. The molecule has 2 aliphatic rings. The van der Waals surface area contributed by atoms with Crippen LogP contribution in [0.3, 0.4) is 0 Å². The van der Waals surface area contributed by atoms with Crippen molar-refractivity contribution >= 4 is 11.8 Å². The van der Waals surface area contributed by atoms with E-state index in [1.165, 1.54) is 0 Å². The molecule has 176 valence electrons. The first kappa shape index (κ1) is 22.7. The summed E-state index contributed by atoms with van der Waals surface area (Å²) in [7, 11) is 1.63. The van der Waals surface area contributed by atoms with Crippen molar-refractivity contribution in [2.75, 3.05) is 26.8 Å². The van der Waals surface area contributed by atoms with Gasteiger partial charge in [-0.1, -0.05) is 48.2 Å². The fourth-order valence-corrected chi connectivity index (χ4v) is 5.05. The molecule has 0 unspecified atom stereocenters. The number of carbonyl (C=O) groups excluding carboxylic acids is 2. The maximum absolute atomic E-state index is 13.0. The van der Waals surface area contributed by atoms with Crippen molar-refractivity contribution in [1.29, 1.82) is 0 Å². The Morgan fingerprint density at radius 3 is 2.46 bits per heavy atom. The molecule has 3 atom stereocenters. The van der Waals surface area contributed by atoms with Gasteiger partial charge in [0.15, 0.2) is 0 Å². The summed E-state index contributed by atoms with van der Waals surface area (Å²) in [5.41, 5.74) is 3.34. The first-order chi connectivity index (χ1) is 17.1. The lowest BCUT2D eigenvalue weighted by molar-refractivity contribution is -0.159. The molecule has 0 aliphatic carbocycles. The van der Waals surface area contributed by atoms with Crippen LogP contribution < -0.4 is 4.74 Å². The summed E-state index contributed by atoms with van der Waals surface area (Å²) in [4.78, 5) is 29.2. The van der Waals surface area contributed by atoms with Crippen molar-refractivity contribution in [2.45, 2.75) is 18.0 Å². The molecule has 2 amide bonds. The van der Waals surface area contributed by atoms with E-state index in [0.29, 0.717) is 12.1 Å². The smallest absolute Gasteiger partial charge is 0.254 e. The number of fused-ring (bicyclic) bond motifs is 1. The number of amides is 2. The maximum Gasteiger partial charge on any atom is 0.254 e. The molecule has 0 bridgehead atoms.